The third-order valence-electron chi connectivity index (χ3n) is 5.18. The second-order valence-electron chi connectivity index (χ2n) is 7.04. The largest absolute Gasteiger partial charge is 0.381 e. The van der Waals surface area contributed by atoms with Crippen LogP contribution in [-0.4, -0.2) is 70.9 Å². The molecule has 3 heterocycles. The van der Waals surface area contributed by atoms with E-state index in [1.165, 1.54) is 19.2 Å². The first kappa shape index (κ1) is 19.5. The van der Waals surface area contributed by atoms with Gasteiger partial charge in [-0.3, -0.25) is 19.3 Å². The number of carbonyl (C=O) groups is 2. The monoisotopic (exact) mass is 377 g/mol. The maximum absolute atomic E-state index is 12.5. The lowest BCUT2D eigenvalue weighted by Gasteiger charge is -2.34. The fourth-order valence-electron chi connectivity index (χ4n) is 3.82. The van der Waals surface area contributed by atoms with Crippen molar-refractivity contribution in [3.05, 3.63) is 28.2 Å². The molecule has 2 aliphatic heterocycles. The fourth-order valence-corrected chi connectivity index (χ4v) is 3.82. The normalized spacial score (nSPS) is 23.9. The minimum absolute atomic E-state index is 0.000902. The lowest BCUT2D eigenvalue weighted by atomic mass is 10.1. The molecule has 2 aliphatic rings. The summed E-state index contributed by atoms with van der Waals surface area (Å²) in [6.07, 6.45) is 2.33. The Balaban J connectivity index is 1.70. The van der Waals surface area contributed by atoms with Crippen LogP contribution in [0, 0.1) is 0 Å². The van der Waals surface area contributed by atoms with Gasteiger partial charge < -0.3 is 15.4 Å². The summed E-state index contributed by atoms with van der Waals surface area (Å²) in [5, 5.41) is 9.86. The Morgan fingerprint density at radius 2 is 2.04 bits per heavy atom. The Bertz CT molecular complexity index is 744. The Hall–Kier alpha value is -2.26. The van der Waals surface area contributed by atoms with E-state index in [4.69, 9.17) is 4.74 Å². The summed E-state index contributed by atoms with van der Waals surface area (Å²) >= 11 is 0. The molecule has 2 N–H and O–H groups in total. The molecular weight excluding hydrogens is 350 g/mol. The van der Waals surface area contributed by atoms with E-state index in [2.05, 4.69) is 20.6 Å². The van der Waals surface area contributed by atoms with Gasteiger partial charge in [0.25, 0.3) is 11.5 Å². The number of aromatic nitrogens is 2. The highest BCUT2D eigenvalue weighted by atomic mass is 16.5. The van der Waals surface area contributed by atoms with Crippen molar-refractivity contribution in [3.8, 4) is 0 Å². The molecule has 2 fully saturated rings. The summed E-state index contributed by atoms with van der Waals surface area (Å²) in [5.74, 6) is -0.333. The summed E-state index contributed by atoms with van der Waals surface area (Å²) in [6.45, 7) is 4.49. The second kappa shape index (κ2) is 8.62. The molecular formula is C18H27N5O4. The smallest absolute Gasteiger partial charge is 0.271 e. The minimum atomic E-state index is -0.334. The minimum Gasteiger partial charge on any atom is -0.381 e. The fraction of sp³-hybridized carbons (Fsp3) is 0.667. The van der Waals surface area contributed by atoms with Crippen molar-refractivity contribution in [3.63, 3.8) is 0 Å². The van der Waals surface area contributed by atoms with Crippen LogP contribution in [-0.2, 0) is 16.6 Å². The predicted octanol–water partition coefficient (Wildman–Crippen LogP) is -0.732. The lowest BCUT2D eigenvalue weighted by molar-refractivity contribution is -0.126. The molecule has 1 aromatic heterocycles. The number of rotatable bonds is 5. The van der Waals surface area contributed by atoms with E-state index in [1.54, 1.807) is 0 Å². The third-order valence-corrected chi connectivity index (χ3v) is 5.18. The molecule has 2 atom stereocenters. The first-order valence-electron chi connectivity index (χ1n) is 9.46. The highest BCUT2D eigenvalue weighted by Gasteiger charge is 2.41. The molecule has 9 heteroatoms. The average molecular weight is 377 g/mol. The van der Waals surface area contributed by atoms with Crippen molar-refractivity contribution >= 4 is 11.8 Å². The molecule has 0 aromatic carbocycles. The van der Waals surface area contributed by atoms with Gasteiger partial charge >= 0.3 is 0 Å². The molecule has 27 heavy (non-hydrogen) atoms. The number of likely N-dealkylation sites (N-methyl/N-ethyl adjacent to an activating group) is 1. The van der Waals surface area contributed by atoms with Crippen LogP contribution in [0.25, 0.3) is 0 Å². The van der Waals surface area contributed by atoms with E-state index in [-0.39, 0.29) is 41.2 Å². The highest BCUT2D eigenvalue weighted by molar-refractivity contribution is 5.92. The first-order valence-corrected chi connectivity index (χ1v) is 9.46. The Morgan fingerprint density at radius 1 is 1.30 bits per heavy atom. The molecule has 3 rings (SSSR count). The Kier molecular flexibility index (Phi) is 6.22. The zero-order chi connectivity index (χ0) is 19.4. The molecule has 0 saturated carbocycles. The molecule has 0 spiro atoms. The number of likely N-dealkylation sites (tertiary alicyclic amines) is 1. The van der Waals surface area contributed by atoms with Crippen LogP contribution < -0.4 is 16.2 Å². The maximum Gasteiger partial charge on any atom is 0.271 e. The van der Waals surface area contributed by atoms with Crippen LogP contribution in [0.4, 0.5) is 0 Å². The molecule has 9 nitrogen and oxygen atoms in total. The first-order chi connectivity index (χ1) is 13.0. The van der Waals surface area contributed by atoms with Gasteiger partial charge in [0, 0.05) is 51.5 Å². The number of nitrogens with zero attached hydrogens (tertiary/aromatic N) is 3. The summed E-state index contributed by atoms with van der Waals surface area (Å²) in [6, 6.07) is 2.62. The average Bonchev–Trinajstić information content (AvgIpc) is 3.09. The molecule has 2 saturated heterocycles. The number of aryl methyl sites for hydroxylation is 1. The Morgan fingerprint density at radius 3 is 2.70 bits per heavy atom. The summed E-state index contributed by atoms with van der Waals surface area (Å²) < 4.78 is 6.57. The number of nitrogens with one attached hydrogen (secondary N) is 2. The van der Waals surface area contributed by atoms with Gasteiger partial charge in [0.05, 0.1) is 6.04 Å². The van der Waals surface area contributed by atoms with Gasteiger partial charge in [-0.2, -0.15) is 5.10 Å². The molecule has 0 unspecified atom stereocenters. The van der Waals surface area contributed by atoms with Crippen molar-refractivity contribution in [1.82, 2.24) is 25.3 Å². The van der Waals surface area contributed by atoms with Crippen LogP contribution in [0.3, 0.4) is 0 Å². The van der Waals surface area contributed by atoms with Gasteiger partial charge in [-0.1, -0.05) is 0 Å². The SMILES string of the molecule is CCNC(=O)[C@@H]1C[C@H](NC(=O)c2ccc(=O)n(C)n2)CN1C1CCOCC1. The van der Waals surface area contributed by atoms with Crippen molar-refractivity contribution in [1.29, 1.82) is 0 Å². The van der Waals surface area contributed by atoms with Gasteiger partial charge in [0.2, 0.25) is 5.91 Å². The number of carbonyl (C=O) groups excluding carboxylic acids is 2. The second-order valence-corrected chi connectivity index (χ2v) is 7.04. The van der Waals surface area contributed by atoms with E-state index in [9.17, 15) is 14.4 Å². The third kappa shape index (κ3) is 4.54. The standard InChI is InChI=1S/C18H27N5O4/c1-3-19-18(26)15-10-12(11-23(15)13-6-8-27-9-7-13)20-17(25)14-4-5-16(24)22(2)21-14/h4-5,12-13,15H,3,6-11H2,1-2H3,(H,19,26)(H,20,25)/t12-,15-/m0/s1. The number of amides is 2. The van der Waals surface area contributed by atoms with Crippen molar-refractivity contribution < 1.29 is 14.3 Å². The maximum atomic E-state index is 12.5. The molecule has 2 amide bonds. The zero-order valence-electron chi connectivity index (χ0n) is 15.8. The van der Waals surface area contributed by atoms with Crippen molar-refractivity contribution in [2.45, 2.75) is 44.3 Å². The van der Waals surface area contributed by atoms with Gasteiger partial charge in [0.15, 0.2) is 0 Å². The molecule has 148 valence electrons. The highest BCUT2D eigenvalue weighted by Crippen LogP contribution is 2.26. The molecule has 1 aromatic rings. The number of hydrogen-bond acceptors (Lipinski definition) is 6. The van der Waals surface area contributed by atoms with Crippen LogP contribution in [0.1, 0.15) is 36.7 Å². The van der Waals surface area contributed by atoms with Crippen LogP contribution in [0.5, 0.6) is 0 Å². The van der Waals surface area contributed by atoms with Gasteiger partial charge in [0.1, 0.15) is 5.69 Å². The topological polar surface area (TPSA) is 106 Å². The van der Waals surface area contributed by atoms with Gasteiger partial charge in [-0.05, 0) is 32.3 Å². The zero-order valence-corrected chi connectivity index (χ0v) is 15.8. The van der Waals surface area contributed by atoms with Crippen molar-refractivity contribution in [2.75, 3.05) is 26.3 Å². The van der Waals surface area contributed by atoms with E-state index < -0.39 is 0 Å². The summed E-state index contributed by atoms with van der Waals surface area (Å²) in [7, 11) is 1.51. The van der Waals surface area contributed by atoms with Crippen LogP contribution in [0.2, 0.25) is 0 Å². The number of hydrogen-bond donors (Lipinski definition) is 2. The van der Waals surface area contributed by atoms with Gasteiger partial charge in [-0.15, -0.1) is 0 Å². The summed E-state index contributed by atoms with van der Waals surface area (Å²) in [4.78, 5) is 38.7. The van der Waals surface area contributed by atoms with Crippen molar-refractivity contribution in [2.24, 2.45) is 7.05 Å². The summed E-state index contributed by atoms with van der Waals surface area (Å²) in [5.41, 5.74) is -0.0782. The molecule has 0 radical (unpaired) electrons. The Labute approximate surface area is 158 Å². The van der Waals surface area contributed by atoms with Crippen LogP contribution >= 0.6 is 0 Å². The molecule has 0 aliphatic carbocycles. The number of ether oxygens (including phenoxy) is 1. The van der Waals surface area contributed by atoms with E-state index in [0.29, 0.717) is 32.7 Å². The molecule has 0 bridgehead atoms. The lowest BCUT2D eigenvalue weighted by Crippen LogP contribution is -2.49. The van der Waals surface area contributed by atoms with Gasteiger partial charge in [-0.25, -0.2) is 4.68 Å². The van der Waals surface area contributed by atoms with E-state index in [1.807, 2.05) is 6.92 Å². The van der Waals surface area contributed by atoms with E-state index in [0.717, 1.165) is 17.5 Å². The predicted molar refractivity (Wildman–Crippen MR) is 98.4 cm³/mol. The van der Waals surface area contributed by atoms with Crippen LogP contribution in [0.15, 0.2) is 16.9 Å². The van der Waals surface area contributed by atoms with E-state index >= 15 is 0 Å². The quantitative estimate of drug-likeness (QED) is 0.701.